The summed E-state index contributed by atoms with van der Waals surface area (Å²) in [6.07, 6.45) is 2.58. The standard InChI is InChI=1S/C16H23N3/c1-18-9-7-14(8-10-18)12-19(2)13-16-6-4-3-5-15(16)11-17/h3-6,14H,7-10,12-13H2,1-2H3. The lowest BCUT2D eigenvalue weighted by atomic mass is 9.96. The molecule has 1 aliphatic rings. The van der Waals surface area contributed by atoms with E-state index in [0.29, 0.717) is 0 Å². The third kappa shape index (κ3) is 4.05. The minimum Gasteiger partial charge on any atom is -0.306 e. The second kappa shape index (κ2) is 6.70. The Labute approximate surface area is 116 Å². The third-order valence-electron chi connectivity index (χ3n) is 3.99. The van der Waals surface area contributed by atoms with Gasteiger partial charge in [0.25, 0.3) is 0 Å². The second-order valence-corrected chi connectivity index (χ2v) is 5.71. The van der Waals surface area contributed by atoms with E-state index in [4.69, 9.17) is 5.26 Å². The summed E-state index contributed by atoms with van der Waals surface area (Å²) in [6, 6.07) is 10.2. The predicted octanol–water partition coefficient (Wildman–Crippen LogP) is 2.33. The molecule has 0 amide bonds. The molecule has 0 spiro atoms. The molecule has 102 valence electrons. The Morgan fingerprint density at radius 3 is 2.68 bits per heavy atom. The Balaban J connectivity index is 1.87. The number of piperidine rings is 1. The molecule has 1 aliphatic heterocycles. The minimum atomic E-state index is 0.801. The van der Waals surface area contributed by atoms with Crippen molar-refractivity contribution in [2.75, 3.05) is 33.7 Å². The van der Waals surface area contributed by atoms with Crippen LogP contribution in [0.1, 0.15) is 24.0 Å². The van der Waals surface area contributed by atoms with Gasteiger partial charge in [0.1, 0.15) is 0 Å². The molecule has 3 nitrogen and oxygen atoms in total. The van der Waals surface area contributed by atoms with Crippen LogP contribution in [-0.4, -0.2) is 43.5 Å². The van der Waals surface area contributed by atoms with Crippen molar-refractivity contribution in [2.24, 2.45) is 5.92 Å². The fourth-order valence-corrected chi connectivity index (χ4v) is 2.81. The van der Waals surface area contributed by atoms with Gasteiger partial charge in [-0.05, 0) is 57.6 Å². The zero-order valence-corrected chi connectivity index (χ0v) is 12.0. The largest absolute Gasteiger partial charge is 0.306 e. The van der Waals surface area contributed by atoms with E-state index in [1.165, 1.54) is 25.9 Å². The molecule has 0 unspecified atom stereocenters. The monoisotopic (exact) mass is 257 g/mol. The summed E-state index contributed by atoms with van der Waals surface area (Å²) in [7, 11) is 4.36. The Morgan fingerprint density at radius 1 is 1.32 bits per heavy atom. The maximum atomic E-state index is 9.11. The third-order valence-corrected chi connectivity index (χ3v) is 3.99. The first kappa shape index (κ1) is 14.0. The van der Waals surface area contributed by atoms with Crippen molar-refractivity contribution in [2.45, 2.75) is 19.4 Å². The topological polar surface area (TPSA) is 30.3 Å². The summed E-state index contributed by atoms with van der Waals surface area (Å²) in [5.41, 5.74) is 1.94. The lowest BCUT2D eigenvalue weighted by Gasteiger charge is -2.31. The van der Waals surface area contributed by atoms with Crippen LogP contribution in [0.15, 0.2) is 24.3 Å². The van der Waals surface area contributed by atoms with Gasteiger partial charge in [-0.2, -0.15) is 5.26 Å². The highest BCUT2D eigenvalue weighted by atomic mass is 15.1. The molecule has 0 atom stereocenters. The van der Waals surface area contributed by atoms with Crippen molar-refractivity contribution in [1.29, 1.82) is 5.26 Å². The van der Waals surface area contributed by atoms with Gasteiger partial charge in [-0.15, -0.1) is 0 Å². The average molecular weight is 257 g/mol. The summed E-state index contributed by atoms with van der Waals surface area (Å²) in [4.78, 5) is 4.76. The number of nitriles is 1. The second-order valence-electron chi connectivity index (χ2n) is 5.71. The van der Waals surface area contributed by atoms with Crippen molar-refractivity contribution in [3.8, 4) is 6.07 Å². The first-order valence-corrected chi connectivity index (χ1v) is 7.04. The van der Waals surface area contributed by atoms with E-state index in [1.807, 2.05) is 18.2 Å². The lowest BCUT2D eigenvalue weighted by molar-refractivity contribution is 0.173. The fraction of sp³-hybridized carbons (Fsp3) is 0.562. The van der Waals surface area contributed by atoms with Crippen LogP contribution in [0.5, 0.6) is 0 Å². The Bertz CT molecular complexity index is 442. The van der Waals surface area contributed by atoms with Gasteiger partial charge < -0.3 is 9.80 Å². The van der Waals surface area contributed by atoms with E-state index in [2.05, 4.69) is 36.0 Å². The summed E-state index contributed by atoms with van der Waals surface area (Å²) >= 11 is 0. The van der Waals surface area contributed by atoms with Gasteiger partial charge in [0.2, 0.25) is 0 Å². The number of benzene rings is 1. The van der Waals surface area contributed by atoms with Crippen LogP contribution in [0.4, 0.5) is 0 Å². The summed E-state index contributed by atoms with van der Waals surface area (Å²) in [6.45, 7) is 4.43. The van der Waals surface area contributed by atoms with Crippen molar-refractivity contribution < 1.29 is 0 Å². The van der Waals surface area contributed by atoms with Crippen LogP contribution in [0.25, 0.3) is 0 Å². The molecule has 0 aliphatic carbocycles. The first-order chi connectivity index (χ1) is 9.19. The number of rotatable bonds is 4. The van der Waals surface area contributed by atoms with E-state index in [1.54, 1.807) is 0 Å². The maximum absolute atomic E-state index is 9.11. The highest BCUT2D eigenvalue weighted by molar-refractivity contribution is 5.37. The molecule has 1 heterocycles. The zero-order valence-electron chi connectivity index (χ0n) is 12.0. The molecule has 1 saturated heterocycles. The van der Waals surface area contributed by atoms with Crippen molar-refractivity contribution in [3.05, 3.63) is 35.4 Å². The normalized spacial score (nSPS) is 17.6. The van der Waals surface area contributed by atoms with Crippen molar-refractivity contribution in [1.82, 2.24) is 9.80 Å². The highest BCUT2D eigenvalue weighted by Gasteiger charge is 2.18. The molecule has 3 heteroatoms. The molecule has 0 radical (unpaired) electrons. The molecule has 0 N–H and O–H groups in total. The van der Waals surface area contributed by atoms with Gasteiger partial charge in [0, 0.05) is 13.1 Å². The van der Waals surface area contributed by atoms with E-state index in [-0.39, 0.29) is 0 Å². The van der Waals surface area contributed by atoms with Crippen LogP contribution in [0.3, 0.4) is 0 Å². The highest BCUT2D eigenvalue weighted by Crippen LogP contribution is 2.18. The van der Waals surface area contributed by atoms with Crippen LogP contribution in [0.2, 0.25) is 0 Å². The smallest absolute Gasteiger partial charge is 0.0995 e. The molecule has 0 aromatic heterocycles. The van der Waals surface area contributed by atoms with Gasteiger partial charge in [-0.25, -0.2) is 0 Å². The van der Waals surface area contributed by atoms with Crippen molar-refractivity contribution >= 4 is 0 Å². The summed E-state index contributed by atoms with van der Waals surface area (Å²) < 4.78 is 0. The number of nitrogens with zero attached hydrogens (tertiary/aromatic N) is 3. The van der Waals surface area contributed by atoms with E-state index < -0.39 is 0 Å². The minimum absolute atomic E-state index is 0.801. The SMILES string of the molecule is CN1CCC(CN(C)Cc2ccccc2C#N)CC1. The quantitative estimate of drug-likeness (QED) is 0.829. The van der Waals surface area contributed by atoms with Gasteiger partial charge in [-0.3, -0.25) is 0 Å². The van der Waals surface area contributed by atoms with Gasteiger partial charge in [0.15, 0.2) is 0 Å². The maximum Gasteiger partial charge on any atom is 0.0995 e. The number of hydrogen-bond acceptors (Lipinski definition) is 3. The summed E-state index contributed by atoms with van der Waals surface area (Å²) in [5.74, 6) is 0.801. The average Bonchev–Trinajstić information content (AvgIpc) is 2.42. The molecule has 0 saturated carbocycles. The fourth-order valence-electron chi connectivity index (χ4n) is 2.81. The van der Waals surface area contributed by atoms with Crippen LogP contribution in [-0.2, 0) is 6.54 Å². The molecule has 19 heavy (non-hydrogen) atoms. The molecular formula is C16H23N3. The van der Waals surface area contributed by atoms with Crippen LogP contribution in [0, 0.1) is 17.2 Å². The van der Waals surface area contributed by atoms with Crippen LogP contribution >= 0.6 is 0 Å². The van der Waals surface area contributed by atoms with Crippen molar-refractivity contribution in [3.63, 3.8) is 0 Å². The Kier molecular flexibility index (Phi) is 4.95. The molecule has 1 aromatic rings. The molecular weight excluding hydrogens is 234 g/mol. The Hall–Kier alpha value is -1.37. The lowest BCUT2D eigenvalue weighted by Crippen LogP contribution is -2.35. The van der Waals surface area contributed by atoms with E-state index in [0.717, 1.165) is 30.1 Å². The molecule has 1 aromatic carbocycles. The van der Waals surface area contributed by atoms with Gasteiger partial charge in [-0.1, -0.05) is 18.2 Å². The number of hydrogen-bond donors (Lipinski definition) is 0. The van der Waals surface area contributed by atoms with E-state index in [9.17, 15) is 0 Å². The number of likely N-dealkylation sites (tertiary alicyclic amines) is 1. The molecule has 0 bridgehead atoms. The summed E-state index contributed by atoms with van der Waals surface area (Å²) in [5, 5.41) is 9.11. The molecule has 1 fully saturated rings. The van der Waals surface area contributed by atoms with E-state index >= 15 is 0 Å². The Morgan fingerprint density at radius 2 is 2.00 bits per heavy atom. The molecule has 2 rings (SSSR count). The zero-order chi connectivity index (χ0) is 13.7. The van der Waals surface area contributed by atoms with Crippen LogP contribution < -0.4 is 0 Å². The van der Waals surface area contributed by atoms with Gasteiger partial charge >= 0.3 is 0 Å². The first-order valence-electron chi connectivity index (χ1n) is 7.04. The predicted molar refractivity (Wildman–Crippen MR) is 77.7 cm³/mol. The van der Waals surface area contributed by atoms with Gasteiger partial charge in [0.05, 0.1) is 11.6 Å².